The molecule has 1 fully saturated rings. The Morgan fingerprint density at radius 2 is 1.95 bits per heavy atom. The van der Waals surface area contributed by atoms with Gasteiger partial charge in [0.15, 0.2) is 0 Å². The summed E-state index contributed by atoms with van der Waals surface area (Å²) in [4.78, 5) is 32.4. The summed E-state index contributed by atoms with van der Waals surface area (Å²) in [6.07, 6.45) is 4.84. The molecule has 0 N–H and O–H groups in total. The fraction of sp³-hybridized carbons (Fsp3) is 0.533. The Hall–Kier alpha value is -1.91. The lowest BCUT2D eigenvalue weighted by molar-refractivity contribution is -0.134. The summed E-state index contributed by atoms with van der Waals surface area (Å²) in [6, 6.07) is 3.08. The van der Waals surface area contributed by atoms with E-state index in [-0.39, 0.29) is 17.9 Å². The molecular formula is C15H21N3O2. The maximum Gasteiger partial charge on any atom is 0.254 e. The van der Waals surface area contributed by atoms with E-state index in [4.69, 9.17) is 0 Å². The number of likely N-dealkylation sites (N-methyl/N-ethyl adjacent to an activating group) is 1. The van der Waals surface area contributed by atoms with Crippen LogP contribution in [0.3, 0.4) is 0 Å². The fourth-order valence-corrected chi connectivity index (χ4v) is 2.67. The van der Waals surface area contributed by atoms with Crippen LogP contribution in [0.5, 0.6) is 0 Å². The molecule has 0 aromatic carbocycles. The largest absolute Gasteiger partial charge is 0.341 e. The Kier molecular flexibility index (Phi) is 4.71. The highest BCUT2D eigenvalue weighted by Crippen LogP contribution is 2.21. The topological polar surface area (TPSA) is 53.5 Å². The molecule has 5 nitrogen and oxygen atoms in total. The van der Waals surface area contributed by atoms with Gasteiger partial charge >= 0.3 is 0 Å². The van der Waals surface area contributed by atoms with Gasteiger partial charge in [0.25, 0.3) is 5.91 Å². The quantitative estimate of drug-likeness (QED) is 0.838. The predicted octanol–water partition coefficient (Wildman–Crippen LogP) is 1.55. The number of hydrogen-bond donors (Lipinski definition) is 0. The van der Waals surface area contributed by atoms with Gasteiger partial charge in [-0.2, -0.15) is 0 Å². The standard InChI is InChI=1S/C15H21N3O2/c1-3-17(4-2)15(20)13-6-5-11-18(13)14(19)12-7-9-16-10-8-12/h7-10,13H,3-6,11H2,1-2H3/t13-/m0/s1. The molecule has 1 atom stereocenters. The number of rotatable bonds is 4. The average molecular weight is 275 g/mol. The van der Waals surface area contributed by atoms with Crippen LogP contribution >= 0.6 is 0 Å². The second kappa shape index (κ2) is 6.50. The van der Waals surface area contributed by atoms with Gasteiger partial charge in [-0.15, -0.1) is 0 Å². The fourth-order valence-electron chi connectivity index (χ4n) is 2.67. The smallest absolute Gasteiger partial charge is 0.254 e. The molecule has 1 aromatic heterocycles. The van der Waals surface area contributed by atoms with Crippen molar-refractivity contribution < 1.29 is 9.59 Å². The normalized spacial score (nSPS) is 18.1. The third-order valence-corrected chi connectivity index (χ3v) is 3.80. The molecule has 108 valence electrons. The molecular weight excluding hydrogens is 254 g/mol. The van der Waals surface area contributed by atoms with Crippen LogP contribution in [0.25, 0.3) is 0 Å². The summed E-state index contributed by atoms with van der Waals surface area (Å²) in [5.74, 6) is -0.00897. The second-order valence-electron chi connectivity index (χ2n) is 4.90. The van der Waals surface area contributed by atoms with Crippen molar-refractivity contribution in [3.8, 4) is 0 Å². The number of carbonyl (C=O) groups excluding carboxylic acids is 2. The average Bonchev–Trinajstić information content (AvgIpc) is 2.98. The first-order valence-corrected chi connectivity index (χ1v) is 7.18. The van der Waals surface area contributed by atoms with E-state index in [2.05, 4.69) is 4.98 Å². The van der Waals surface area contributed by atoms with Gasteiger partial charge in [0.2, 0.25) is 5.91 Å². The van der Waals surface area contributed by atoms with Gasteiger partial charge in [-0.25, -0.2) is 0 Å². The van der Waals surface area contributed by atoms with E-state index < -0.39 is 0 Å². The van der Waals surface area contributed by atoms with Crippen molar-refractivity contribution >= 4 is 11.8 Å². The summed E-state index contributed by atoms with van der Waals surface area (Å²) in [5, 5.41) is 0. The Morgan fingerprint density at radius 1 is 1.30 bits per heavy atom. The van der Waals surface area contributed by atoms with Gasteiger partial charge in [-0.05, 0) is 38.8 Å². The first kappa shape index (κ1) is 14.5. The van der Waals surface area contributed by atoms with E-state index in [9.17, 15) is 9.59 Å². The van der Waals surface area contributed by atoms with Crippen molar-refractivity contribution in [2.45, 2.75) is 32.7 Å². The maximum absolute atomic E-state index is 12.5. The van der Waals surface area contributed by atoms with Crippen molar-refractivity contribution in [2.24, 2.45) is 0 Å². The maximum atomic E-state index is 12.5. The van der Waals surface area contributed by atoms with Crippen LogP contribution in [-0.4, -0.2) is 52.3 Å². The lowest BCUT2D eigenvalue weighted by Crippen LogP contribution is -2.47. The van der Waals surface area contributed by atoms with Crippen molar-refractivity contribution in [3.63, 3.8) is 0 Å². The van der Waals surface area contributed by atoms with E-state index in [1.807, 2.05) is 13.8 Å². The molecule has 0 bridgehead atoms. The van der Waals surface area contributed by atoms with E-state index in [0.29, 0.717) is 25.2 Å². The predicted molar refractivity (Wildman–Crippen MR) is 76.2 cm³/mol. The molecule has 0 aliphatic carbocycles. The summed E-state index contributed by atoms with van der Waals surface area (Å²) in [6.45, 7) is 5.95. The molecule has 1 saturated heterocycles. The molecule has 0 unspecified atom stereocenters. The third kappa shape index (κ3) is 2.81. The zero-order valence-electron chi connectivity index (χ0n) is 12.1. The van der Waals surface area contributed by atoms with E-state index in [1.54, 1.807) is 34.3 Å². The lowest BCUT2D eigenvalue weighted by atomic mass is 10.1. The number of pyridine rings is 1. The SMILES string of the molecule is CCN(CC)C(=O)[C@@H]1CCCN1C(=O)c1ccncc1. The Labute approximate surface area is 119 Å². The highest BCUT2D eigenvalue weighted by Gasteiger charge is 2.36. The van der Waals surface area contributed by atoms with Crippen LogP contribution in [0.2, 0.25) is 0 Å². The van der Waals surface area contributed by atoms with E-state index in [1.165, 1.54) is 0 Å². The second-order valence-corrected chi connectivity index (χ2v) is 4.90. The van der Waals surface area contributed by atoms with Gasteiger partial charge in [-0.3, -0.25) is 14.6 Å². The third-order valence-electron chi connectivity index (χ3n) is 3.80. The summed E-state index contributed by atoms with van der Waals surface area (Å²) in [7, 11) is 0. The Morgan fingerprint density at radius 3 is 2.55 bits per heavy atom. The van der Waals surface area contributed by atoms with Crippen LogP contribution in [0.4, 0.5) is 0 Å². The van der Waals surface area contributed by atoms with Gasteiger partial charge in [0.1, 0.15) is 6.04 Å². The zero-order valence-corrected chi connectivity index (χ0v) is 12.1. The minimum Gasteiger partial charge on any atom is -0.341 e. The van der Waals surface area contributed by atoms with Crippen molar-refractivity contribution in [1.82, 2.24) is 14.8 Å². The molecule has 0 spiro atoms. The minimum absolute atomic E-state index is 0.0647. The van der Waals surface area contributed by atoms with Gasteiger partial charge in [0, 0.05) is 37.6 Å². The van der Waals surface area contributed by atoms with Crippen LogP contribution in [-0.2, 0) is 4.79 Å². The molecule has 20 heavy (non-hydrogen) atoms. The molecule has 2 amide bonds. The Bertz CT molecular complexity index is 471. The monoisotopic (exact) mass is 275 g/mol. The summed E-state index contributed by atoms with van der Waals surface area (Å²) >= 11 is 0. The van der Waals surface area contributed by atoms with Crippen molar-refractivity contribution in [1.29, 1.82) is 0 Å². The van der Waals surface area contributed by atoms with Crippen LogP contribution in [0, 0.1) is 0 Å². The first-order chi connectivity index (χ1) is 9.69. The van der Waals surface area contributed by atoms with Gasteiger partial charge in [-0.1, -0.05) is 0 Å². The zero-order chi connectivity index (χ0) is 14.5. The molecule has 1 aliphatic heterocycles. The number of hydrogen-bond acceptors (Lipinski definition) is 3. The molecule has 1 aliphatic rings. The molecule has 1 aromatic rings. The molecule has 2 heterocycles. The lowest BCUT2D eigenvalue weighted by Gasteiger charge is -2.29. The number of likely N-dealkylation sites (tertiary alicyclic amines) is 1. The Balaban J connectivity index is 2.15. The molecule has 2 rings (SSSR count). The van der Waals surface area contributed by atoms with Crippen LogP contribution < -0.4 is 0 Å². The minimum atomic E-state index is -0.310. The highest BCUT2D eigenvalue weighted by molar-refractivity contribution is 5.97. The number of carbonyl (C=O) groups is 2. The van der Waals surface area contributed by atoms with Gasteiger partial charge < -0.3 is 9.80 Å². The first-order valence-electron chi connectivity index (χ1n) is 7.18. The van der Waals surface area contributed by atoms with Crippen molar-refractivity contribution in [3.05, 3.63) is 30.1 Å². The molecule has 0 saturated carbocycles. The summed E-state index contributed by atoms with van der Waals surface area (Å²) in [5.41, 5.74) is 0.597. The highest BCUT2D eigenvalue weighted by atomic mass is 16.2. The van der Waals surface area contributed by atoms with E-state index in [0.717, 1.165) is 12.8 Å². The van der Waals surface area contributed by atoms with Crippen molar-refractivity contribution in [2.75, 3.05) is 19.6 Å². The van der Waals surface area contributed by atoms with Crippen LogP contribution in [0.15, 0.2) is 24.5 Å². The summed E-state index contributed by atoms with van der Waals surface area (Å²) < 4.78 is 0. The number of nitrogens with zero attached hydrogens (tertiary/aromatic N) is 3. The molecule has 5 heteroatoms. The number of aromatic nitrogens is 1. The van der Waals surface area contributed by atoms with E-state index >= 15 is 0 Å². The number of amides is 2. The van der Waals surface area contributed by atoms with Gasteiger partial charge in [0.05, 0.1) is 0 Å². The molecule has 0 radical (unpaired) electrons. The van der Waals surface area contributed by atoms with Crippen LogP contribution in [0.1, 0.15) is 37.0 Å².